The van der Waals surface area contributed by atoms with Crippen LogP contribution in [0.2, 0.25) is 0 Å². The topological polar surface area (TPSA) is 118 Å². The maximum Gasteiger partial charge on any atom is 0.414 e. The van der Waals surface area contributed by atoms with Crippen molar-refractivity contribution in [2.75, 3.05) is 56.2 Å². The molecule has 0 aromatic heterocycles. The van der Waals surface area contributed by atoms with E-state index in [0.29, 0.717) is 51.2 Å². The number of unbranched alkanes of at least 4 members (excludes halogenated alkanes) is 1. The molecule has 2 aromatic rings. The zero-order valence-electron chi connectivity index (χ0n) is 22.0. The van der Waals surface area contributed by atoms with Gasteiger partial charge in [-0.1, -0.05) is 30.3 Å². The van der Waals surface area contributed by atoms with Gasteiger partial charge in [0.25, 0.3) is 5.91 Å². The number of hydrogen-bond acceptors (Lipinski definition) is 7. The summed E-state index contributed by atoms with van der Waals surface area (Å²) < 4.78 is 15.9. The van der Waals surface area contributed by atoms with Crippen LogP contribution in [0.4, 0.5) is 21.0 Å². The summed E-state index contributed by atoms with van der Waals surface area (Å²) in [6, 6.07) is 16.6. The number of ether oxygens (including phenoxy) is 3. The maximum atomic E-state index is 12.4. The van der Waals surface area contributed by atoms with E-state index in [-0.39, 0.29) is 31.6 Å². The van der Waals surface area contributed by atoms with Gasteiger partial charge in [0.2, 0.25) is 5.91 Å². The smallest absolute Gasteiger partial charge is 0.414 e. The number of morpholine rings is 1. The Morgan fingerprint density at radius 2 is 1.74 bits per heavy atom. The van der Waals surface area contributed by atoms with Gasteiger partial charge in [0.1, 0.15) is 19.3 Å². The fraction of sp³-hybridized carbons (Fsp3) is 0.429. The molecule has 0 saturated carbocycles. The van der Waals surface area contributed by atoms with Gasteiger partial charge < -0.3 is 29.3 Å². The maximum absolute atomic E-state index is 12.4. The quantitative estimate of drug-likeness (QED) is 0.437. The Hall–Kier alpha value is -4.12. The molecule has 39 heavy (non-hydrogen) atoms. The van der Waals surface area contributed by atoms with Gasteiger partial charge in [-0.25, -0.2) is 9.59 Å². The second-order valence-electron chi connectivity index (χ2n) is 9.45. The molecule has 2 aliphatic heterocycles. The van der Waals surface area contributed by atoms with Crippen LogP contribution < -0.4 is 15.1 Å². The number of nitrogens with one attached hydrogen (secondary N) is 1. The number of rotatable bonds is 11. The number of cyclic esters (lactones) is 1. The molecule has 2 aromatic carbocycles. The molecular weight excluding hydrogens is 504 g/mol. The van der Waals surface area contributed by atoms with E-state index in [9.17, 15) is 19.2 Å². The highest BCUT2D eigenvalue weighted by Gasteiger charge is 2.32. The zero-order valence-corrected chi connectivity index (χ0v) is 22.0. The number of amides is 4. The van der Waals surface area contributed by atoms with Crippen LogP contribution in [0.3, 0.4) is 0 Å². The van der Waals surface area contributed by atoms with Gasteiger partial charge in [-0.05, 0) is 42.7 Å². The van der Waals surface area contributed by atoms with Gasteiger partial charge in [0.15, 0.2) is 0 Å². The van der Waals surface area contributed by atoms with E-state index >= 15 is 0 Å². The third kappa shape index (κ3) is 7.93. The standard InChI is InChI=1S/C28H34N4O7/c1-30(27(35)38-19-21-7-3-2-4-8-21)14-6-5-9-25(33)29-17-24-18-32(28(36)39-24)23-12-10-22(11-13-23)31-15-16-37-20-26(31)34/h2-4,7-8,10-13,24H,5-6,9,14-20H2,1H3,(H,29,33)/t24-/m0/s1. The van der Waals surface area contributed by atoms with Crippen molar-refractivity contribution in [3.05, 3.63) is 60.2 Å². The van der Waals surface area contributed by atoms with Crippen molar-refractivity contribution in [1.29, 1.82) is 0 Å². The van der Waals surface area contributed by atoms with Gasteiger partial charge in [0, 0.05) is 37.9 Å². The monoisotopic (exact) mass is 538 g/mol. The molecule has 0 bridgehead atoms. The fourth-order valence-corrected chi connectivity index (χ4v) is 4.31. The summed E-state index contributed by atoms with van der Waals surface area (Å²) in [5, 5.41) is 2.82. The molecule has 11 nitrogen and oxygen atoms in total. The summed E-state index contributed by atoms with van der Waals surface area (Å²) in [7, 11) is 1.67. The van der Waals surface area contributed by atoms with E-state index in [1.165, 1.54) is 9.80 Å². The molecule has 2 heterocycles. The number of carbonyl (C=O) groups is 4. The minimum Gasteiger partial charge on any atom is -0.445 e. The van der Waals surface area contributed by atoms with E-state index in [2.05, 4.69) is 5.32 Å². The van der Waals surface area contributed by atoms with Crippen molar-refractivity contribution < 1.29 is 33.4 Å². The molecule has 4 rings (SSSR count). The normalized spacial score (nSPS) is 17.1. The largest absolute Gasteiger partial charge is 0.445 e. The van der Waals surface area contributed by atoms with Crippen LogP contribution in [0, 0.1) is 0 Å². The third-order valence-electron chi connectivity index (χ3n) is 6.52. The van der Waals surface area contributed by atoms with Crippen LogP contribution >= 0.6 is 0 Å². The number of nitrogens with zero attached hydrogens (tertiary/aromatic N) is 3. The molecule has 2 saturated heterocycles. The first kappa shape index (κ1) is 27.9. The lowest BCUT2D eigenvalue weighted by molar-refractivity contribution is -0.125. The first-order chi connectivity index (χ1) is 18.9. The third-order valence-corrected chi connectivity index (χ3v) is 6.52. The highest BCUT2D eigenvalue weighted by Crippen LogP contribution is 2.25. The summed E-state index contributed by atoms with van der Waals surface area (Å²) in [6.45, 7) is 2.27. The van der Waals surface area contributed by atoms with Crippen molar-refractivity contribution in [3.8, 4) is 0 Å². The Morgan fingerprint density at radius 1 is 1.03 bits per heavy atom. The molecule has 11 heteroatoms. The van der Waals surface area contributed by atoms with Crippen LogP contribution in [0.15, 0.2) is 54.6 Å². The van der Waals surface area contributed by atoms with Gasteiger partial charge in [-0.2, -0.15) is 0 Å². The minimum atomic E-state index is -0.480. The molecule has 4 amide bonds. The zero-order chi connectivity index (χ0) is 27.6. The Morgan fingerprint density at radius 3 is 2.46 bits per heavy atom. The van der Waals surface area contributed by atoms with E-state index < -0.39 is 18.3 Å². The van der Waals surface area contributed by atoms with Crippen molar-refractivity contribution in [3.63, 3.8) is 0 Å². The van der Waals surface area contributed by atoms with Crippen LogP contribution in [0.5, 0.6) is 0 Å². The van der Waals surface area contributed by atoms with Gasteiger partial charge in [0.05, 0.1) is 19.7 Å². The predicted octanol–water partition coefficient (Wildman–Crippen LogP) is 2.93. The SMILES string of the molecule is CN(CCCCC(=O)NC[C@H]1CN(c2ccc(N3CCOCC3=O)cc2)C(=O)O1)C(=O)OCc1ccccc1. The van der Waals surface area contributed by atoms with E-state index in [1.54, 1.807) is 36.2 Å². The molecule has 0 radical (unpaired) electrons. The minimum absolute atomic E-state index is 0.0640. The summed E-state index contributed by atoms with van der Waals surface area (Å²) in [6.07, 6.45) is 0.220. The highest BCUT2D eigenvalue weighted by atomic mass is 16.6. The van der Waals surface area contributed by atoms with Crippen LogP contribution in [0.1, 0.15) is 24.8 Å². The Kier molecular flexibility index (Phi) is 9.74. The van der Waals surface area contributed by atoms with Crippen molar-refractivity contribution in [2.24, 2.45) is 0 Å². The molecule has 2 fully saturated rings. The van der Waals surface area contributed by atoms with Crippen molar-refractivity contribution in [1.82, 2.24) is 10.2 Å². The number of benzene rings is 2. The molecular formula is C28H34N4O7. The van der Waals surface area contributed by atoms with Gasteiger partial charge in [-0.15, -0.1) is 0 Å². The summed E-state index contributed by atoms with van der Waals surface area (Å²) in [4.78, 5) is 53.5. The highest BCUT2D eigenvalue weighted by molar-refractivity contribution is 5.95. The summed E-state index contributed by atoms with van der Waals surface area (Å²) in [5.41, 5.74) is 2.33. The average Bonchev–Trinajstić information content (AvgIpc) is 3.34. The van der Waals surface area contributed by atoms with Gasteiger partial charge >= 0.3 is 12.2 Å². The summed E-state index contributed by atoms with van der Waals surface area (Å²) in [5.74, 6) is -0.239. The van der Waals surface area contributed by atoms with Crippen LogP contribution in [0.25, 0.3) is 0 Å². The second kappa shape index (κ2) is 13.6. The van der Waals surface area contributed by atoms with Crippen LogP contribution in [-0.2, 0) is 30.4 Å². The first-order valence-corrected chi connectivity index (χ1v) is 13.1. The van der Waals surface area contributed by atoms with Gasteiger partial charge in [-0.3, -0.25) is 14.5 Å². The molecule has 1 atom stereocenters. The van der Waals surface area contributed by atoms with Crippen molar-refractivity contribution in [2.45, 2.75) is 32.0 Å². The predicted molar refractivity (Wildman–Crippen MR) is 143 cm³/mol. The molecule has 0 aliphatic carbocycles. The second-order valence-corrected chi connectivity index (χ2v) is 9.45. The lowest BCUT2D eigenvalue weighted by atomic mass is 10.2. The lowest BCUT2D eigenvalue weighted by Gasteiger charge is -2.27. The Balaban J connectivity index is 1.12. The molecule has 1 N–H and O–H groups in total. The molecule has 0 unspecified atom stereocenters. The lowest BCUT2D eigenvalue weighted by Crippen LogP contribution is -2.41. The van der Waals surface area contributed by atoms with E-state index in [0.717, 1.165) is 11.3 Å². The number of anilines is 2. The number of hydrogen-bond donors (Lipinski definition) is 1. The van der Waals surface area contributed by atoms with E-state index in [4.69, 9.17) is 14.2 Å². The molecule has 0 spiro atoms. The Bertz CT molecular complexity index is 1140. The average molecular weight is 539 g/mol. The fourth-order valence-electron chi connectivity index (χ4n) is 4.31. The summed E-state index contributed by atoms with van der Waals surface area (Å²) >= 11 is 0. The molecule has 208 valence electrons. The van der Waals surface area contributed by atoms with Crippen molar-refractivity contribution >= 4 is 35.4 Å². The van der Waals surface area contributed by atoms with Crippen LogP contribution in [-0.4, -0.2) is 81.4 Å². The van der Waals surface area contributed by atoms with E-state index in [1.807, 2.05) is 30.3 Å². The first-order valence-electron chi connectivity index (χ1n) is 13.1. The Labute approximate surface area is 227 Å². The molecule has 2 aliphatic rings. The number of carbonyl (C=O) groups excluding carboxylic acids is 4.